The second kappa shape index (κ2) is 4.17. The summed E-state index contributed by atoms with van der Waals surface area (Å²) < 4.78 is 12.5. The van der Waals surface area contributed by atoms with Gasteiger partial charge < -0.3 is 10.4 Å². The van der Waals surface area contributed by atoms with Gasteiger partial charge in [-0.2, -0.15) is 0 Å². The van der Waals surface area contributed by atoms with Gasteiger partial charge in [-0.25, -0.2) is 4.39 Å². The van der Waals surface area contributed by atoms with Crippen LogP contribution in [0.5, 0.6) is 0 Å². The number of amides is 1. The van der Waals surface area contributed by atoms with Gasteiger partial charge in [-0.05, 0) is 31.4 Å². The Morgan fingerprint density at radius 3 is 2.81 bits per heavy atom. The van der Waals surface area contributed by atoms with Crippen LogP contribution in [-0.4, -0.2) is 21.6 Å². The fourth-order valence-corrected chi connectivity index (χ4v) is 1.59. The Bertz CT molecular complexity index is 387. The summed E-state index contributed by atoms with van der Waals surface area (Å²) >= 11 is 0. The van der Waals surface area contributed by atoms with E-state index in [1.54, 1.807) is 0 Å². The van der Waals surface area contributed by atoms with Crippen LogP contribution in [0.2, 0.25) is 0 Å². The molecule has 0 spiro atoms. The predicted octanol–water partition coefficient (Wildman–Crippen LogP) is 0.752. The van der Waals surface area contributed by atoms with Gasteiger partial charge in [0, 0.05) is 0 Å². The van der Waals surface area contributed by atoms with Crippen LogP contribution < -0.4 is 5.32 Å². The normalized spacial score (nSPS) is 17.6. The number of nitrogens with one attached hydrogen (secondary N) is 1. The monoisotopic (exact) mass is 224 g/mol. The first-order chi connectivity index (χ1) is 7.60. The van der Waals surface area contributed by atoms with Gasteiger partial charge in [0.25, 0.3) is 5.91 Å². The highest BCUT2D eigenvalue weighted by Crippen LogP contribution is 2.31. The molecule has 86 valence electrons. The zero-order valence-corrected chi connectivity index (χ0v) is 8.74. The van der Waals surface area contributed by atoms with E-state index in [1.165, 1.54) is 12.1 Å². The number of aliphatic hydroxyl groups is 1. The van der Waals surface area contributed by atoms with Crippen molar-refractivity contribution in [2.75, 3.05) is 0 Å². The first-order valence-electron chi connectivity index (χ1n) is 5.21. The van der Waals surface area contributed by atoms with E-state index in [2.05, 4.69) is 10.3 Å². The topological polar surface area (TPSA) is 62.2 Å². The second-order valence-electron chi connectivity index (χ2n) is 4.04. The van der Waals surface area contributed by atoms with Gasteiger partial charge in [0.05, 0.1) is 18.4 Å². The number of rotatable bonds is 3. The number of nitrogens with zero attached hydrogens (tertiary/aromatic N) is 1. The maximum atomic E-state index is 12.5. The number of pyridine rings is 1. The molecule has 0 saturated heterocycles. The standard InChI is InChI=1S/C11H13FN2O2/c12-8-2-3-9(13-6-8)7-14-10(15)11(16)4-1-5-11/h2-3,6,16H,1,4-5,7H2,(H,14,15). The van der Waals surface area contributed by atoms with Crippen LogP contribution in [0.1, 0.15) is 25.0 Å². The van der Waals surface area contributed by atoms with Gasteiger partial charge in [0.2, 0.25) is 0 Å². The fourth-order valence-electron chi connectivity index (χ4n) is 1.59. The molecule has 0 atom stereocenters. The van der Waals surface area contributed by atoms with Gasteiger partial charge in [-0.15, -0.1) is 0 Å². The molecule has 0 radical (unpaired) electrons. The molecule has 0 bridgehead atoms. The maximum Gasteiger partial charge on any atom is 0.252 e. The third-order valence-electron chi connectivity index (χ3n) is 2.82. The summed E-state index contributed by atoms with van der Waals surface area (Å²) in [5.74, 6) is -0.780. The van der Waals surface area contributed by atoms with Gasteiger partial charge in [0.15, 0.2) is 0 Å². The van der Waals surface area contributed by atoms with E-state index in [0.29, 0.717) is 18.5 Å². The van der Waals surface area contributed by atoms with Crippen LogP contribution in [0, 0.1) is 5.82 Å². The molecule has 1 aromatic heterocycles. The van der Waals surface area contributed by atoms with Crippen molar-refractivity contribution >= 4 is 5.91 Å². The van der Waals surface area contributed by atoms with E-state index in [1.807, 2.05) is 0 Å². The second-order valence-corrected chi connectivity index (χ2v) is 4.04. The smallest absolute Gasteiger partial charge is 0.252 e. The van der Waals surface area contributed by atoms with Crippen molar-refractivity contribution in [3.63, 3.8) is 0 Å². The Hall–Kier alpha value is -1.49. The fraction of sp³-hybridized carbons (Fsp3) is 0.455. The molecule has 0 unspecified atom stereocenters. The summed E-state index contributed by atoms with van der Waals surface area (Å²) in [7, 11) is 0. The van der Waals surface area contributed by atoms with E-state index in [4.69, 9.17) is 0 Å². The largest absolute Gasteiger partial charge is 0.380 e. The predicted molar refractivity (Wildman–Crippen MR) is 54.8 cm³/mol. The summed E-state index contributed by atoms with van der Waals surface area (Å²) in [5.41, 5.74) is -0.627. The summed E-state index contributed by atoms with van der Waals surface area (Å²) in [6, 6.07) is 2.78. The lowest BCUT2D eigenvalue weighted by molar-refractivity contribution is -0.148. The molecule has 1 aliphatic rings. The van der Waals surface area contributed by atoms with E-state index >= 15 is 0 Å². The minimum Gasteiger partial charge on any atom is -0.380 e. The highest BCUT2D eigenvalue weighted by atomic mass is 19.1. The molecular weight excluding hydrogens is 211 g/mol. The molecule has 1 fully saturated rings. The van der Waals surface area contributed by atoms with Crippen LogP contribution in [0.25, 0.3) is 0 Å². The van der Waals surface area contributed by atoms with Crippen molar-refractivity contribution in [3.05, 3.63) is 29.8 Å². The van der Waals surface area contributed by atoms with Crippen LogP contribution >= 0.6 is 0 Å². The van der Waals surface area contributed by atoms with Crippen molar-refractivity contribution in [3.8, 4) is 0 Å². The van der Waals surface area contributed by atoms with Gasteiger partial charge >= 0.3 is 0 Å². The molecule has 2 N–H and O–H groups in total. The third-order valence-corrected chi connectivity index (χ3v) is 2.82. The molecule has 0 aliphatic heterocycles. The summed E-state index contributed by atoms with van der Waals surface area (Å²) in [6.07, 6.45) is 2.99. The van der Waals surface area contributed by atoms with Crippen molar-refractivity contribution in [1.29, 1.82) is 0 Å². The lowest BCUT2D eigenvalue weighted by atomic mass is 9.79. The van der Waals surface area contributed by atoms with E-state index in [0.717, 1.165) is 12.6 Å². The van der Waals surface area contributed by atoms with Crippen molar-refractivity contribution in [1.82, 2.24) is 10.3 Å². The highest BCUT2D eigenvalue weighted by molar-refractivity contribution is 5.85. The zero-order valence-electron chi connectivity index (χ0n) is 8.74. The number of carbonyl (C=O) groups is 1. The summed E-state index contributed by atoms with van der Waals surface area (Å²) in [6.45, 7) is 0.210. The Kier molecular flexibility index (Phi) is 2.87. The van der Waals surface area contributed by atoms with Gasteiger partial charge in [0.1, 0.15) is 11.4 Å². The minimum absolute atomic E-state index is 0.210. The number of halogens is 1. The Labute approximate surface area is 92.5 Å². The molecule has 1 aromatic rings. The quantitative estimate of drug-likeness (QED) is 0.796. The molecule has 16 heavy (non-hydrogen) atoms. The minimum atomic E-state index is -1.19. The lowest BCUT2D eigenvalue weighted by Gasteiger charge is -2.34. The number of aromatic nitrogens is 1. The molecule has 1 heterocycles. The number of hydrogen-bond donors (Lipinski definition) is 2. The van der Waals surface area contributed by atoms with Crippen molar-refractivity contribution < 1.29 is 14.3 Å². The van der Waals surface area contributed by atoms with Crippen LogP contribution in [-0.2, 0) is 11.3 Å². The maximum absolute atomic E-state index is 12.5. The average Bonchev–Trinajstić information content (AvgIpc) is 2.24. The Morgan fingerprint density at radius 1 is 1.56 bits per heavy atom. The molecule has 4 nitrogen and oxygen atoms in total. The van der Waals surface area contributed by atoms with Crippen LogP contribution in [0.3, 0.4) is 0 Å². The van der Waals surface area contributed by atoms with Gasteiger partial charge in [-0.1, -0.05) is 0 Å². The van der Waals surface area contributed by atoms with Crippen molar-refractivity contribution in [2.24, 2.45) is 0 Å². The molecule has 2 rings (SSSR count). The van der Waals surface area contributed by atoms with Crippen LogP contribution in [0.15, 0.2) is 18.3 Å². The molecule has 1 saturated carbocycles. The third kappa shape index (κ3) is 2.19. The Morgan fingerprint density at radius 2 is 2.31 bits per heavy atom. The first-order valence-corrected chi connectivity index (χ1v) is 5.21. The van der Waals surface area contributed by atoms with Gasteiger partial charge in [-0.3, -0.25) is 9.78 Å². The molecule has 5 heteroatoms. The van der Waals surface area contributed by atoms with E-state index in [-0.39, 0.29) is 12.5 Å². The van der Waals surface area contributed by atoms with E-state index in [9.17, 15) is 14.3 Å². The van der Waals surface area contributed by atoms with Crippen molar-refractivity contribution in [2.45, 2.75) is 31.4 Å². The SMILES string of the molecule is O=C(NCc1ccc(F)cn1)C1(O)CCC1. The zero-order chi connectivity index (χ0) is 11.6. The average molecular weight is 224 g/mol. The summed E-state index contributed by atoms with van der Waals surface area (Å²) in [5, 5.41) is 12.3. The number of carbonyl (C=O) groups excluding carboxylic acids is 1. The van der Waals surface area contributed by atoms with E-state index < -0.39 is 11.4 Å². The Balaban J connectivity index is 1.87. The van der Waals surface area contributed by atoms with Crippen LogP contribution in [0.4, 0.5) is 4.39 Å². The number of hydrogen-bond acceptors (Lipinski definition) is 3. The first kappa shape index (κ1) is 11.0. The highest BCUT2D eigenvalue weighted by Gasteiger charge is 2.41. The lowest BCUT2D eigenvalue weighted by Crippen LogP contribution is -2.51. The summed E-state index contributed by atoms with van der Waals surface area (Å²) in [4.78, 5) is 15.3. The molecule has 1 aliphatic carbocycles. The molecule has 1 amide bonds. The molecular formula is C11H13FN2O2. The molecule has 0 aromatic carbocycles.